The SMILES string of the molecule is COC(=O)c1ccc(NC(=O)CSc2nnc(-c3cccc(C)c3)n2-n2cccc2)cc1. The van der Waals surface area contributed by atoms with Crippen LogP contribution in [-0.4, -0.2) is 44.3 Å². The van der Waals surface area contributed by atoms with Gasteiger partial charge in [0.2, 0.25) is 11.1 Å². The number of hydrogen-bond donors (Lipinski definition) is 1. The molecule has 1 amide bonds. The summed E-state index contributed by atoms with van der Waals surface area (Å²) in [7, 11) is 1.33. The van der Waals surface area contributed by atoms with Crippen LogP contribution in [0.25, 0.3) is 11.4 Å². The number of anilines is 1. The van der Waals surface area contributed by atoms with Crippen LogP contribution >= 0.6 is 11.8 Å². The zero-order valence-corrected chi connectivity index (χ0v) is 18.4. The number of benzene rings is 2. The molecule has 0 atom stereocenters. The predicted octanol–water partition coefficient (Wildman–Crippen LogP) is 3.88. The number of aromatic nitrogens is 4. The van der Waals surface area contributed by atoms with E-state index in [-0.39, 0.29) is 11.7 Å². The minimum Gasteiger partial charge on any atom is -0.465 e. The number of ether oxygens (including phenoxy) is 1. The van der Waals surface area contributed by atoms with E-state index in [1.54, 1.807) is 24.3 Å². The molecule has 0 spiro atoms. The lowest BCUT2D eigenvalue weighted by Gasteiger charge is -2.11. The van der Waals surface area contributed by atoms with Crippen LogP contribution in [0.1, 0.15) is 15.9 Å². The van der Waals surface area contributed by atoms with E-state index < -0.39 is 5.97 Å². The molecule has 9 heteroatoms. The van der Waals surface area contributed by atoms with Crippen molar-refractivity contribution < 1.29 is 14.3 Å². The molecule has 0 aliphatic rings. The molecular formula is C23H21N5O3S. The van der Waals surface area contributed by atoms with Crippen LogP contribution in [0, 0.1) is 6.92 Å². The average molecular weight is 448 g/mol. The standard InChI is InChI=1S/C23H21N5O3S/c1-16-6-5-7-18(14-16)21-25-26-23(28(21)27-12-3-4-13-27)32-15-20(29)24-19-10-8-17(9-11-19)22(30)31-2/h3-14H,15H2,1-2H3,(H,24,29). The van der Waals surface area contributed by atoms with Gasteiger partial charge in [0.1, 0.15) is 0 Å². The van der Waals surface area contributed by atoms with Crippen molar-refractivity contribution in [1.29, 1.82) is 0 Å². The summed E-state index contributed by atoms with van der Waals surface area (Å²) in [6.45, 7) is 2.03. The first kappa shape index (κ1) is 21.4. The van der Waals surface area contributed by atoms with E-state index in [1.807, 2.05) is 65.1 Å². The molecule has 0 radical (unpaired) electrons. The van der Waals surface area contributed by atoms with Gasteiger partial charge in [-0.3, -0.25) is 9.47 Å². The van der Waals surface area contributed by atoms with Gasteiger partial charge < -0.3 is 10.1 Å². The number of carbonyl (C=O) groups is 2. The summed E-state index contributed by atoms with van der Waals surface area (Å²) in [5.41, 5.74) is 3.07. The highest BCUT2D eigenvalue weighted by atomic mass is 32.2. The summed E-state index contributed by atoms with van der Waals surface area (Å²) in [6.07, 6.45) is 3.80. The third kappa shape index (κ3) is 4.73. The Bertz CT molecular complexity index is 1230. The van der Waals surface area contributed by atoms with Gasteiger partial charge >= 0.3 is 5.97 Å². The second-order valence-electron chi connectivity index (χ2n) is 6.96. The zero-order chi connectivity index (χ0) is 22.5. The number of nitrogens with one attached hydrogen (secondary N) is 1. The molecule has 0 saturated heterocycles. The molecule has 8 nitrogen and oxygen atoms in total. The first-order chi connectivity index (χ1) is 15.5. The second kappa shape index (κ2) is 9.52. The maximum absolute atomic E-state index is 12.5. The van der Waals surface area contributed by atoms with Crippen LogP contribution in [0.3, 0.4) is 0 Å². The normalized spacial score (nSPS) is 10.7. The molecule has 4 rings (SSSR count). The Labute approximate surface area is 189 Å². The molecule has 0 aliphatic heterocycles. The molecule has 32 heavy (non-hydrogen) atoms. The van der Waals surface area contributed by atoms with Gasteiger partial charge in [0.25, 0.3) is 0 Å². The molecule has 162 valence electrons. The van der Waals surface area contributed by atoms with Crippen molar-refractivity contribution in [1.82, 2.24) is 19.5 Å². The van der Waals surface area contributed by atoms with Crippen LogP contribution in [0.5, 0.6) is 0 Å². The van der Waals surface area contributed by atoms with E-state index in [2.05, 4.69) is 20.3 Å². The highest BCUT2D eigenvalue weighted by Gasteiger charge is 2.17. The smallest absolute Gasteiger partial charge is 0.337 e. The summed E-state index contributed by atoms with van der Waals surface area (Å²) in [4.78, 5) is 24.0. The minimum atomic E-state index is -0.424. The maximum Gasteiger partial charge on any atom is 0.337 e. The van der Waals surface area contributed by atoms with Gasteiger partial charge in [0.05, 0.1) is 18.4 Å². The quantitative estimate of drug-likeness (QED) is 0.341. The molecule has 2 heterocycles. The Kier molecular flexibility index (Phi) is 6.37. The summed E-state index contributed by atoms with van der Waals surface area (Å²) in [5, 5.41) is 12.1. The van der Waals surface area contributed by atoms with Gasteiger partial charge in [-0.15, -0.1) is 10.2 Å². The number of hydrogen-bond acceptors (Lipinski definition) is 6. The molecule has 1 N–H and O–H groups in total. The van der Waals surface area contributed by atoms with Crippen molar-refractivity contribution in [3.05, 3.63) is 84.2 Å². The topological polar surface area (TPSA) is 91.0 Å². The average Bonchev–Trinajstić information content (AvgIpc) is 3.47. The number of carbonyl (C=O) groups excluding carboxylic acids is 2. The van der Waals surface area contributed by atoms with E-state index in [4.69, 9.17) is 0 Å². The Balaban J connectivity index is 1.50. The summed E-state index contributed by atoms with van der Waals surface area (Å²) in [5.74, 6) is 0.213. The van der Waals surface area contributed by atoms with E-state index >= 15 is 0 Å². The van der Waals surface area contributed by atoms with E-state index in [0.717, 1.165) is 11.1 Å². The fraction of sp³-hybridized carbons (Fsp3) is 0.130. The second-order valence-corrected chi connectivity index (χ2v) is 7.90. The number of esters is 1. The third-order valence-electron chi connectivity index (χ3n) is 4.63. The number of aryl methyl sites for hydroxylation is 1. The highest BCUT2D eigenvalue weighted by molar-refractivity contribution is 7.99. The molecular weight excluding hydrogens is 426 g/mol. The molecule has 0 unspecified atom stereocenters. The van der Waals surface area contributed by atoms with Gasteiger partial charge in [0.15, 0.2) is 5.82 Å². The highest BCUT2D eigenvalue weighted by Crippen LogP contribution is 2.25. The molecule has 2 aromatic carbocycles. The minimum absolute atomic E-state index is 0.145. The molecule has 0 aliphatic carbocycles. The Morgan fingerprint density at radius 2 is 1.78 bits per heavy atom. The van der Waals surface area contributed by atoms with Crippen LogP contribution in [0.2, 0.25) is 0 Å². The van der Waals surface area contributed by atoms with Crippen molar-refractivity contribution >= 4 is 29.3 Å². The van der Waals surface area contributed by atoms with Gasteiger partial charge in [-0.2, -0.15) is 0 Å². The van der Waals surface area contributed by atoms with E-state index in [9.17, 15) is 9.59 Å². The number of nitrogens with zero attached hydrogens (tertiary/aromatic N) is 4. The Hall–Kier alpha value is -3.85. The summed E-state index contributed by atoms with van der Waals surface area (Å²) in [6, 6.07) is 18.4. The lowest BCUT2D eigenvalue weighted by Crippen LogP contribution is -2.16. The number of thioether (sulfide) groups is 1. The lowest BCUT2D eigenvalue weighted by molar-refractivity contribution is -0.113. The number of rotatable bonds is 7. The van der Waals surface area contributed by atoms with Gasteiger partial charge in [-0.1, -0.05) is 35.5 Å². The molecule has 0 fully saturated rings. The lowest BCUT2D eigenvalue weighted by atomic mass is 10.1. The van der Waals surface area contributed by atoms with Crippen LogP contribution < -0.4 is 5.32 Å². The van der Waals surface area contributed by atoms with Gasteiger partial charge in [0, 0.05) is 23.6 Å². The van der Waals surface area contributed by atoms with Crippen molar-refractivity contribution in [3.63, 3.8) is 0 Å². The summed E-state index contributed by atoms with van der Waals surface area (Å²) >= 11 is 1.29. The van der Waals surface area contributed by atoms with Crippen molar-refractivity contribution in [2.24, 2.45) is 0 Å². The number of methoxy groups -OCH3 is 1. The largest absolute Gasteiger partial charge is 0.465 e. The monoisotopic (exact) mass is 447 g/mol. The van der Waals surface area contributed by atoms with Gasteiger partial charge in [-0.05, 0) is 49.4 Å². The van der Waals surface area contributed by atoms with Gasteiger partial charge in [-0.25, -0.2) is 9.47 Å². The predicted molar refractivity (Wildman–Crippen MR) is 123 cm³/mol. The van der Waals surface area contributed by atoms with Crippen LogP contribution in [-0.2, 0) is 9.53 Å². The maximum atomic E-state index is 12.5. The number of amides is 1. The summed E-state index contributed by atoms with van der Waals surface area (Å²) < 4.78 is 8.43. The fourth-order valence-electron chi connectivity index (χ4n) is 3.12. The van der Waals surface area contributed by atoms with Crippen molar-refractivity contribution in [2.75, 3.05) is 18.2 Å². The molecule has 0 saturated carbocycles. The van der Waals surface area contributed by atoms with Crippen molar-refractivity contribution in [2.45, 2.75) is 12.1 Å². The Morgan fingerprint density at radius 3 is 2.47 bits per heavy atom. The first-order valence-electron chi connectivity index (χ1n) is 9.82. The zero-order valence-electron chi connectivity index (χ0n) is 17.6. The Morgan fingerprint density at radius 1 is 1.03 bits per heavy atom. The van der Waals surface area contributed by atoms with Crippen molar-refractivity contribution in [3.8, 4) is 11.4 Å². The third-order valence-corrected chi connectivity index (χ3v) is 5.55. The molecule has 4 aromatic rings. The molecule has 0 bridgehead atoms. The van der Waals surface area contributed by atoms with Crippen LogP contribution in [0.4, 0.5) is 5.69 Å². The van der Waals surface area contributed by atoms with E-state index in [0.29, 0.717) is 22.2 Å². The van der Waals surface area contributed by atoms with E-state index in [1.165, 1.54) is 18.9 Å². The fourth-order valence-corrected chi connectivity index (χ4v) is 3.86. The van der Waals surface area contributed by atoms with Crippen LogP contribution in [0.15, 0.2) is 78.2 Å². The first-order valence-corrected chi connectivity index (χ1v) is 10.8. The molecule has 2 aromatic heterocycles.